The molecule has 0 atom stereocenters. The van der Waals surface area contributed by atoms with Gasteiger partial charge in [-0.3, -0.25) is 8.78 Å². The van der Waals surface area contributed by atoms with Crippen molar-refractivity contribution in [2.45, 2.75) is 0 Å². The Balaban J connectivity index is 0.000000254. The molecule has 0 saturated carbocycles. The molecule has 0 bridgehead atoms. The van der Waals surface area contributed by atoms with Crippen molar-refractivity contribution in [3.8, 4) is 17.0 Å². The van der Waals surface area contributed by atoms with Gasteiger partial charge in [0.2, 0.25) is 0 Å². The fourth-order valence-corrected chi connectivity index (χ4v) is 1.71. The molecule has 0 saturated heterocycles. The zero-order chi connectivity index (χ0) is 17.5. The number of carboxylic acids is 1. The average Bonchev–Trinajstić information content (AvgIpc) is 2.56. The van der Waals surface area contributed by atoms with Gasteiger partial charge in [-0.2, -0.15) is 0 Å². The van der Waals surface area contributed by atoms with Crippen LogP contribution in [0.3, 0.4) is 0 Å². The van der Waals surface area contributed by atoms with Gasteiger partial charge in [-0.05, 0) is 23.9 Å². The number of aromatic carboxylic acids is 1. The van der Waals surface area contributed by atoms with E-state index in [4.69, 9.17) is 10.2 Å². The minimum Gasteiger partial charge on any atom is -0.505 e. The number of aromatic nitrogens is 2. The summed E-state index contributed by atoms with van der Waals surface area (Å²) in [5, 5.41) is 17.2. The first-order valence-corrected chi connectivity index (χ1v) is 6.64. The Hall–Kier alpha value is -2.70. The quantitative estimate of drug-likeness (QED) is 0.506. The summed E-state index contributed by atoms with van der Waals surface area (Å²) in [7, 11) is 0. The summed E-state index contributed by atoms with van der Waals surface area (Å²) in [4.78, 5) is 17.6. The van der Waals surface area contributed by atoms with E-state index in [2.05, 4.69) is 16.0 Å². The van der Waals surface area contributed by atoms with Crippen molar-refractivity contribution >= 4 is 5.97 Å². The molecule has 0 aliphatic carbocycles. The first-order valence-electron chi connectivity index (χ1n) is 6.64. The van der Waals surface area contributed by atoms with E-state index >= 15 is 0 Å². The van der Waals surface area contributed by atoms with Gasteiger partial charge in [0.25, 0.3) is 0 Å². The molecule has 2 N–H and O–H groups in total. The molecule has 0 unspecified atom stereocenters. The molecule has 0 aliphatic heterocycles. The summed E-state index contributed by atoms with van der Waals surface area (Å²) in [6.07, 6.45) is 2.86. The van der Waals surface area contributed by atoms with Crippen LogP contribution in [0, 0.1) is 17.7 Å². The maximum Gasteiger partial charge on any atom is 0.358 e. The Morgan fingerprint density at radius 1 is 1.08 bits per heavy atom. The maximum absolute atomic E-state index is 13.2. The molecule has 0 spiro atoms. The number of nitrogens with zero attached hydrogens (tertiary/aromatic N) is 2. The largest absolute Gasteiger partial charge is 0.505 e. The van der Waals surface area contributed by atoms with Crippen LogP contribution in [0.1, 0.15) is 10.5 Å². The van der Waals surface area contributed by atoms with Gasteiger partial charge in [0.1, 0.15) is 5.75 Å². The standard InChI is InChI=1S/C11H6F2N.C6H5NO3.Ir/c12-8-4-5-9(10(13)7-8)11-3-1-2-6-14-11;8-4-2-1-3-7-5(4)6(9)10;/h1-4,6-7H;1-3,8H,(H,9,10);/q-1;;. The normalized spacial score (nSPS) is 9.36. The fraction of sp³-hybridized carbons (Fsp3) is 0. The summed E-state index contributed by atoms with van der Waals surface area (Å²) < 4.78 is 25.8. The summed E-state index contributed by atoms with van der Waals surface area (Å²) in [5.41, 5.74) is 0.319. The number of pyridine rings is 2. The van der Waals surface area contributed by atoms with Crippen LogP contribution in [0.25, 0.3) is 11.3 Å². The molecule has 0 fully saturated rings. The molecule has 0 amide bonds. The van der Waals surface area contributed by atoms with Gasteiger partial charge in [0.15, 0.2) is 5.69 Å². The van der Waals surface area contributed by atoms with Gasteiger partial charge in [-0.25, -0.2) is 9.78 Å². The van der Waals surface area contributed by atoms with Gasteiger partial charge in [0, 0.05) is 44.1 Å². The Kier molecular flexibility index (Phi) is 7.78. The third kappa shape index (κ3) is 5.70. The molecule has 5 nitrogen and oxygen atoms in total. The van der Waals surface area contributed by atoms with Crippen molar-refractivity contribution in [2.24, 2.45) is 0 Å². The summed E-state index contributed by atoms with van der Waals surface area (Å²) in [6.45, 7) is 0. The number of hydrogen-bond acceptors (Lipinski definition) is 4. The fourth-order valence-electron chi connectivity index (χ4n) is 1.71. The van der Waals surface area contributed by atoms with Crippen molar-refractivity contribution in [1.82, 2.24) is 9.97 Å². The number of hydrogen-bond donors (Lipinski definition) is 2. The molecule has 0 aliphatic rings. The van der Waals surface area contributed by atoms with E-state index in [1.807, 2.05) is 0 Å². The third-order valence-electron chi connectivity index (χ3n) is 2.77. The summed E-state index contributed by atoms with van der Waals surface area (Å²) in [6, 6.07) is 12.3. The zero-order valence-electron chi connectivity index (χ0n) is 12.5. The summed E-state index contributed by atoms with van der Waals surface area (Å²) in [5.74, 6) is -2.82. The molecule has 3 aromatic rings. The maximum atomic E-state index is 13.2. The Labute approximate surface area is 155 Å². The molecule has 2 aromatic heterocycles. The Morgan fingerprint density at radius 2 is 1.80 bits per heavy atom. The van der Waals surface area contributed by atoms with Crippen molar-refractivity contribution in [3.05, 3.63) is 78.3 Å². The molecule has 1 radical (unpaired) electrons. The van der Waals surface area contributed by atoms with Crippen LogP contribution in [0.4, 0.5) is 8.78 Å². The molecule has 25 heavy (non-hydrogen) atoms. The van der Waals surface area contributed by atoms with Crippen LogP contribution in [0.2, 0.25) is 0 Å². The smallest absolute Gasteiger partial charge is 0.358 e. The number of rotatable bonds is 2. The molecular weight excluding hydrogens is 510 g/mol. The minimum absolute atomic E-state index is 0. The third-order valence-corrected chi connectivity index (χ3v) is 2.77. The SMILES string of the molecule is Fc1c[c-]c(-c2ccccn2)c(F)c1.O=C(O)c1ncccc1O.[Ir]. The number of halogens is 2. The van der Waals surface area contributed by atoms with Gasteiger partial charge in [-0.1, -0.05) is 23.8 Å². The predicted octanol–water partition coefficient (Wildman–Crippen LogP) is 3.31. The van der Waals surface area contributed by atoms with Crippen molar-refractivity contribution in [1.29, 1.82) is 0 Å². The Morgan fingerprint density at radius 3 is 2.32 bits per heavy atom. The van der Waals surface area contributed by atoms with Crippen LogP contribution in [0.15, 0.2) is 54.9 Å². The number of benzene rings is 1. The second kappa shape index (κ2) is 9.56. The average molecular weight is 521 g/mol. The van der Waals surface area contributed by atoms with Crippen LogP contribution in [-0.2, 0) is 20.1 Å². The van der Waals surface area contributed by atoms with Crippen molar-refractivity contribution in [3.63, 3.8) is 0 Å². The second-order valence-electron chi connectivity index (χ2n) is 4.43. The van der Waals surface area contributed by atoms with E-state index in [-0.39, 0.29) is 37.1 Å². The van der Waals surface area contributed by atoms with E-state index in [0.717, 1.165) is 12.1 Å². The number of aromatic hydroxyl groups is 1. The van der Waals surface area contributed by atoms with Crippen molar-refractivity contribution < 1.29 is 43.9 Å². The van der Waals surface area contributed by atoms with Crippen molar-refractivity contribution in [2.75, 3.05) is 0 Å². The van der Waals surface area contributed by atoms with Crippen LogP contribution in [0.5, 0.6) is 5.75 Å². The van der Waals surface area contributed by atoms with Gasteiger partial charge in [0.05, 0.1) is 0 Å². The van der Waals surface area contributed by atoms with Gasteiger partial charge < -0.3 is 15.2 Å². The topological polar surface area (TPSA) is 83.3 Å². The molecule has 131 valence electrons. The van der Waals surface area contributed by atoms with Crippen LogP contribution >= 0.6 is 0 Å². The molecule has 3 rings (SSSR count). The predicted molar refractivity (Wildman–Crippen MR) is 81.3 cm³/mol. The molecule has 1 aromatic carbocycles. The molecule has 8 heteroatoms. The van der Waals surface area contributed by atoms with Gasteiger partial charge in [-0.15, -0.1) is 12.1 Å². The van der Waals surface area contributed by atoms with Crippen LogP contribution < -0.4 is 0 Å². The van der Waals surface area contributed by atoms with E-state index in [0.29, 0.717) is 5.69 Å². The van der Waals surface area contributed by atoms with E-state index in [9.17, 15) is 13.6 Å². The molecule has 2 heterocycles. The number of carbonyl (C=O) groups is 1. The summed E-state index contributed by atoms with van der Waals surface area (Å²) >= 11 is 0. The van der Waals surface area contributed by atoms with Gasteiger partial charge >= 0.3 is 5.97 Å². The van der Waals surface area contributed by atoms with E-state index in [1.165, 1.54) is 18.3 Å². The first-order chi connectivity index (χ1) is 11.5. The number of carboxylic acid groups (broad SMARTS) is 1. The Bertz CT molecular complexity index is 848. The molecular formula is C17H11F2IrN2O3-. The second-order valence-corrected chi connectivity index (χ2v) is 4.43. The van der Waals surface area contributed by atoms with Crippen LogP contribution in [-0.4, -0.2) is 26.2 Å². The minimum atomic E-state index is -1.22. The first kappa shape index (κ1) is 20.3. The van der Waals surface area contributed by atoms with E-state index in [1.54, 1.807) is 24.4 Å². The zero-order valence-corrected chi connectivity index (χ0v) is 14.9. The van der Waals surface area contributed by atoms with E-state index < -0.39 is 17.6 Å². The monoisotopic (exact) mass is 522 g/mol.